The molecule has 0 atom stereocenters. The van der Waals surface area contributed by atoms with E-state index in [1.807, 2.05) is 0 Å². The van der Waals surface area contributed by atoms with Crippen molar-refractivity contribution in [1.29, 1.82) is 0 Å². The number of piperazine rings is 1. The van der Waals surface area contributed by atoms with Gasteiger partial charge in [0.2, 0.25) is 5.91 Å². The average molecular weight is 344 g/mol. The third kappa shape index (κ3) is 3.91. The van der Waals surface area contributed by atoms with Gasteiger partial charge in [-0.05, 0) is 32.0 Å². The summed E-state index contributed by atoms with van der Waals surface area (Å²) in [4.78, 5) is 28.0. The summed E-state index contributed by atoms with van der Waals surface area (Å²) in [6.45, 7) is 5.23. The van der Waals surface area contributed by atoms with Crippen LogP contribution in [0.15, 0.2) is 18.2 Å². The maximum absolute atomic E-state index is 12.5. The summed E-state index contributed by atoms with van der Waals surface area (Å²) in [5.41, 5.74) is 5.39. The quantitative estimate of drug-likeness (QED) is 0.893. The normalized spacial score (nSPS) is 15.9. The van der Waals surface area contributed by atoms with Gasteiger partial charge in [0.25, 0.3) is 5.91 Å². The van der Waals surface area contributed by atoms with Gasteiger partial charge in [-0.25, -0.2) is 0 Å². The van der Waals surface area contributed by atoms with Gasteiger partial charge < -0.3 is 15.5 Å². The lowest BCUT2D eigenvalue weighted by Gasteiger charge is -2.37. The second-order valence-corrected chi connectivity index (χ2v) is 6.84. The van der Waals surface area contributed by atoms with E-state index in [0.29, 0.717) is 41.8 Å². The van der Waals surface area contributed by atoms with Crippen LogP contribution in [0.5, 0.6) is 0 Å². The average Bonchev–Trinajstić information content (AvgIpc) is 2.44. The van der Waals surface area contributed by atoms with Gasteiger partial charge in [0.05, 0.1) is 5.54 Å². The molecule has 1 saturated heterocycles. The summed E-state index contributed by atoms with van der Waals surface area (Å²) in [7, 11) is 0. The van der Waals surface area contributed by atoms with Crippen LogP contribution in [0, 0.1) is 0 Å². The molecule has 7 heteroatoms. The van der Waals surface area contributed by atoms with Gasteiger partial charge in [-0.3, -0.25) is 9.59 Å². The fourth-order valence-electron chi connectivity index (χ4n) is 2.38. The monoisotopic (exact) mass is 343 g/mol. The predicted molar refractivity (Wildman–Crippen MR) is 87.2 cm³/mol. The number of halogens is 2. The molecule has 0 bridgehead atoms. The number of hydrogen-bond donors (Lipinski definition) is 1. The van der Waals surface area contributed by atoms with Gasteiger partial charge >= 0.3 is 0 Å². The van der Waals surface area contributed by atoms with Crippen molar-refractivity contribution in [3.63, 3.8) is 0 Å². The molecule has 1 aromatic rings. The zero-order valence-corrected chi connectivity index (χ0v) is 14.1. The van der Waals surface area contributed by atoms with Gasteiger partial charge in [0, 0.05) is 41.8 Å². The Morgan fingerprint density at radius 1 is 1.00 bits per heavy atom. The number of hydrogen-bond acceptors (Lipinski definition) is 3. The fourth-order valence-corrected chi connectivity index (χ4v) is 2.91. The van der Waals surface area contributed by atoms with Crippen molar-refractivity contribution in [2.75, 3.05) is 26.2 Å². The fraction of sp³-hybridized carbons (Fsp3) is 0.467. The third-order valence-electron chi connectivity index (χ3n) is 3.51. The molecular weight excluding hydrogens is 325 g/mol. The van der Waals surface area contributed by atoms with Crippen LogP contribution in [0.25, 0.3) is 0 Å². The summed E-state index contributed by atoms with van der Waals surface area (Å²) in [6, 6.07) is 4.77. The molecular formula is C15H19Cl2N3O2. The topological polar surface area (TPSA) is 66.6 Å². The SMILES string of the molecule is CC(C)(N)C(=O)N1CCN(C(=O)c2cc(Cl)cc(Cl)c2)CC1. The van der Waals surface area contributed by atoms with Crippen molar-refractivity contribution >= 4 is 35.0 Å². The Labute approximate surface area is 139 Å². The van der Waals surface area contributed by atoms with E-state index in [1.165, 1.54) is 0 Å². The Morgan fingerprint density at radius 2 is 1.45 bits per heavy atom. The summed E-state index contributed by atoms with van der Waals surface area (Å²) in [5.74, 6) is -0.242. The molecule has 0 aromatic heterocycles. The molecule has 1 aromatic carbocycles. The van der Waals surface area contributed by atoms with Crippen LogP contribution >= 0.6 is 23.2 Å². The van der Waals surface area contributed by atoms with Gasteiger partial charge in [-0.15, -0.1) is 0 Å². The predicted octanol–water partition coefficient (Wildman–Crippen LogP) is 2.02. The molecule has 1 heterocycles. The lowest BCUT2D eigenvalue weighted by atomic mass is 10.0. The summed E-state index contributed by atoms with van der Waals surface area (Å²) >= 11 is 11.9. The number of nitrogens with zero attached hydrogens (tertiary/aromatic N) is 2. The first-order valence-corrected chi connectivity index (χ1v) is 7.77. The lowest BCUT2D eigenvalue weighted by Crippen LogP contribution is -2.57. The highest BCUT2D eigenvalue weighted by Gasteiger charge is 2.31. The minimum Gasteiger partial charge on any atom is -0.338 e. The maximum Gasteiger partial charge on any atom is 0.254 e. The highest BCUT2D eigenvalue weighted by atomic mass is 35.5. The number of nitrogens with two attached hydrogens (primary N) is 1. The van der Waals surface area contributed by atoms with Crippen LogP contribution in [-0.4, -0.2) is 53.3 Å². The molecule has 5 nitrogen and oxygen atoms in total. The molecule has 120 valence electrons. The summed E-state index contributed by atoms with van der Waals surface area (Å²) in [5, 5.41) is 0.851. The number of benzene rings is 1. The van der Waals surface area contributed by atoms with Crippen LogP contribution in [0.2, 0.25) is 10.0 Å². The van der Waals surface area contributed by atoms with Crippen LogP contribution in [0.3, 0.4) is 0 Å². The van der Waals surface area contributed by atoms with E-state index in [0.717, 1.165) is 0 Å². The van der Waals surface area contributed by atoms with Gasteiger partial charge in [-0.1, -0.05) is 23.2 Å². The number of amides is 2. The molecule has 0 unspecified atom stereocenters. The zero-order chi connectivity index (χ0) is 16.5. The van der Waals surface area contributed by atoms with Crippen molar-refractivity contribution in [2.45, 2.75) is 19.4 Å². The van der Waals surface area contributed by atoms with Crippen LogP contribution in [0.4, 0.5) is 0 Å². The van der Waals surface area contributed by atoms with Crippen molar-refractivity contribution in [3.05, 3.63) is 33.8 Å². The van der Waals surface area contributed by atoms with E-state index in [1.54, 1.807) is 41.8 Å². The molecule has 1 fully saturated rings. The molecule has 1 aliphatic heterocycles. The third-order valence-corrected chi connectivity index (χ3v) is 3.95. The minimum atomic E-state index is -0.896. The molecule has 0 spiro atoms. The van der Waals surface area contributed by atoms with Crippen molar-refractivity contribution in [1.82, 2.24) is 9.80 Å². The number of carbonyl (C=O) groups is 2. The molecule has 0 aliphatic carbocycles. The molecule has 2 N–H and O–H groups in total. The van der Waals surface area contributed by atoms with Crippen LogP contribution in [-0.2, 0) is 4.79 Å². The van der Waals surface area contributed by atoms with E-state index in [9.17, 15) is 9.59 Å². The first-order chi connectivity index (χ1) is 10.2. The molecule has 2 rings (SSSR count). The summed E-state index contributed by atoms with van der Waals surface area (Å²) in [6.07, 6.45) is 0. The molecule has 22 heavy (non-hydrogen) atoms. The lowest BCUT2D eigenvalue weighted by molar-refractivity contribution is -0.137. The van der Waals surface area contributed by atoms with E-state index < -0.39 is 5.54 Å². The Balaban J connectivity index is 2.02. The Morgan fingerprint density at radius 3 is 1.91 bits per heavy atom. The minimum absolute atomic E-state index is 0.106. The molecule has 0 saturated carbocycles. The molecule has 2 amide bonds. The van der Waals surface area contributed by atoms with Gasteiger partial charge in [0.1, 0.15) is 0 Å². The van der Waals surface area contributed by atoms with Crippen molar-refractivity contribution in [2.24, 2.45) is 5.73 Å². The van der Waals surface area contributed by atoms with E-state index in [2.05, 4.69) is 0 Å². The first kappa shape index (κ1) is 17.1. The summed E-state index contributed by atoms with van der Waals surface area (Å²) < 4.78 is 0. The van der Waals surface area contributed by atoms with Gasteiger partial charge in [0.15, 0.2) is 0 Å². The van der Waals surface area contributed by atoms with E-state index in [4.69, 9.17) is 28.9 Å². The second-order valence-electron chi connectivity index (χ2n) is 5.96. The van der Waals surface area contributed by atoms with Gasteiger partial charge in [-0.2, -0.15) is 0 Å². The largest absolute Gasteiger partial charge is 0.338 e. The Kier molecular flexibility index (Phi) is 5.00. The van der Waals surface area contributed by atoms with E-state index >= 15 is 0 Å². The first-order valence-electron chi connectivity index (χ1n) is 7.02. The van der Waals surface area contributed by atoms with Crippen molar-refractivity contribution in [3.8, 4) is 0 Å². The van der Waals surface area contributed by atoms with Crippen molar-refractivity contribution < 1.29 is 9.59 Å². The Hall–Kier alpha value is -1.30. The number of rotatable bonds is 2. The highest BCUT2D eigenvalue weighted by Crippen LogP contribution is 2.21. The highest BCUT2D eigenvalue weighted by molar-refractivity contribution is 6.35. The Bertz CT molecular complexity index is 571. The second kappa shape index (κ2) is 6.44. The zero-order valence-electron chi connectivity index (χ0n) is 12.6. The maximum atomic E-state index is 12.5. The standard InChI is InChI=1S/C15H19Cl2N3O2/c1-15(2,18)14(22)20-5-3-19(4-6-20)13(21)10-7-11(16)9-12(17)8-10/h7-9H,3-6,18H2,1-2H3. The number of carbonyl (C=O) groups excluding carboxylic acids is 2. The molecule has 1 aliphatic rings. The van der Waals surface area contributed by atoms with Crippen LogP contribution < -0.4 is 5.73 Å². The molecule has 0 radical (unpaired) electrons. The smallest absolute Gasteiger partial charge is 0.254 e. The van der Waals surface area contributed by atoms with Crippen LogP contribution in [0.1, 0.15) is 24.2 Å². The van der Waals surface area contributed by atoms with E-state index in [-0.39, 0.29) is 11.8 Å².